The monoisotopic (exact) mass is 257 g/mol. The quantitative estimate of drug-likeness (QED) is 0.876. The van der Waals surface area contributed by atoms with Crippen molar-refractivity contribution in [3.8, 4) is 0 Å². The van der Waals surface area contributed by atoms with Gasteiger partial charge >= 0.3 is 0 Å². The fourth-order valence-corrected chi connectivity index (χ4v) is 1.37. The van der Waals surface area contributed by atoms with E-state index in [-0.39, 0.29) is 6.10 Å². The van der Waals surface area contributed by atoms with Gasteiger partial charge in [-0.25, -0.2) is 0 Å². The van der Waals surface area contributed by atoms with Crippen molar-refractivity contribution in [1.29, 1.82) is 0 Å². The third-order valence-corrected chi connectivity index (χ3v) is 2.61. The number of hydrogen-bond acceptors (Lipinski definition) is 2. The first kappa shape index (κ1) is 11.7. The van der Waals surface area contributed by atoms with Crippen molar-refractivity contribution >= 4 is 15.9 Å². The Hall–Kier alpha value is -0.380. The Morgan fingerprint density at radius 2 is 2.00 bits per heavy atom. The molecule has 1 N–H and O–H groups in total. The van der Waals surface area contributed by atoms with E-state index in [1.54, 1.807) is 7.11 Å². The van der Waals surface area contributed by atoms with Gasteiger partial charge in [-0.05, 0) is 24.6 Å². The molecule has 3 heteroatoms. The molecule has 0 amide bonds. The van der Waals surface area contributed by atoms with Crippen LogP contribution in [0.3, 0.4) is 0 Å². The molecule has 0 radical (unpaired) electrons. The number of benzene rings is 1. The number of halogens is 1. The van der Waals surface area contributed by atoms with Gasteiger partial charge in [0.1, 0.15) is 0 Å². The summed E-state index contributed by atoms with van der Waals surface area (Å²) in [5.74, 6) is 0. The lowest BCUT2D eigenvalue weighted by atomic mass is 10.2. The molecule has 1 aromatic carbocycles. The van der Waals surface area contributed by atoms with Crippen LogP contribution >= 0.6 is 15.9 Å². The Kier molecular flexibility index (Phi) is 5.15. The van der Waals surface area contributed by atoms with E-state index in [1.165, 1.54) is 5.56 Å². The number of methoxy groups -OCH3 is 1. The van der Waals surface area contributed by atoms with Crippen LogP contribution in [0.2, 0.25) is 0 Å². The summed E-state index contributed by atoms with van der Waals surface area (Å²) in [6.07, 6.45) is 0.269. The minimum absolute atomic E-state index is 0.269. The van der Waals surface area contributed by atoms with Crippen molar-refractivity contribution in [2.45, 2.75) is 19.6 Å². The summed E-state index contributed by atoms with van der Waals surface area (Å²) in [6, 6.07) is 8.32. The van der Waals surface area contributed by atoms with Crippen molar-refractivity contribution in [3.63, 3.8) is 0 Å². The molecule has 0 heterocycles. The molecule has 0 saturated heterocycles. The minimum Gasteiger partial charge on any atom is -0.380 e. The van der Waals surface area contributed by atoms with E-state index in [2.05, 4.69) is 52.4 Å². The SMILES string of the molecule is COC(C)CNCc1ccc(Br)cc1. The van der Waals surface area contributed by atoms with Gasteiger partial charge in [-0.3, -0.25) is 0 Å². The fourth-order valence-electron chi connectivity index (χ4n) is 1.11. The number of nitrogens with one attached hydrogen (secondary N) is 1. The van der Waals surface area contributed by atoms with E-state index >= 15 is 0 Å². The van der Waals surface area contributed by atoms with Gasteiger partial charge in [0.25, 0.3) is 0 Å². The molecular formula is C11H16BrNO. The maximum atomic E-state index is 5.14. The second kappa shape index (κ2) is 6.17. The summed E-state index contributed by atoms with van der Waals surface area (Å²) in [5.41, 5.74) is 1.29. The molecule has 1 aromatic rings. The molecular weight excluding hydrogens is 242 g/mol. The number of hydrogen-bond donors (Lipinski definition) is 1. The molecule has 0 bridgehead atoms. The van der Waals surface area contributed by atoms with E-state index in [4.69, 9.17) is 4.74 Å². The Morgan fingerprint density at radius 3 is 2.57 bits per heavy atom. The molecule has 1 unspecified atom stereocenters. The third kappa shape index (κ3) is 4.22. The second-order valence-corrected chi connectivity index (χ2v) is 4.22. The highest BCUT2D eigenvalue weighted by atomic mass is 79.9. The zero-order chi connectivity index (χ0) is 10.4. The Labute approximate surface area is 93.8 Å². The second-order valence-electron chi connectivity index (χ2n) is 3.30. The van der Waals surface area contributed by atoms with Crippen molar-refractivity contribution < 1.29 is 4.74 Å². The van der Waals surface area contributed by atoms with E-state index < -0.39 is 0 Å². The normalized spacial score (nSPS) is 12.8. The Balaban J connectivity index is 2.28. The average molecular weight is 258 g/mol. The van der Waals surface area contributed by atoms with E-state index in [0.717, 1.165) is 17.6 Å². The smallest absolute Gasteiger partial charge is 0.0667 e. The van der Waals surface area contributed by atoms with Gasteiger partial charge in [0.05, 0.1) is 6.10 Å². The van der Waals surface area contributed by atoms with Crippen LogP contribution in [0, 0.1) is 0 Å². The maximum Gasteiger partial charge on any atom is 0.0667 e. The standard InChI is InChI=1S/C11H16BrNO/c1-9(14-2)7-13-8-10-3-5-11(12)6-4-10/h3-6,9,13H,7-8H2,1-2H3. The van der Waals surface area contributed by atoms with Crippen LogP contribution in [0.4, 0.5) is 0 Å². The minimum atomic E-state index is 0.269. The van der Waals surface area contributed by atoms with Crippen LogP contribution < -0.4 is 5.32 Å². The van der Waals surface area contributed by atoms with Gasteiger partial charge < -0.3 is 10.1 Å². The third-order valence-electron chi connectivity index (χ3n) is 2.08. The van der Waals surface area contributed by atoms with Crippen LogP contribution in [0.5, 0.6) is 0 Å². The van der Waals surface area contributed by atoms with Crippen LogP contribution in [-0.2, 0) is 11.3 Å². The van der Waals surface area contributed by atoms with Gasteiger partial charge in [-0.1, -0.05) is 28.1 Å². The van der Waals surface area contributed by atoms with Gasteiger partial charge in [-0.2, -0.15) is 0 Å². The molecule has 0 fully saturated rings. The number of ether oxygens (including phenoxy) is 1. The van der Waals surface area contributed by atoms with Crippen LogP contribution in [-0.4, -0.2) is 19.8 Å². The van der Waals surface area contributed by atoms with Crippen molar-refractivity contribution in [3.05, 3.63) is 34.3 Å². The van der Waals surface area contributed by atoms with Crippen LogP contribution in [0.15, 0.2) is 28.7 Å². The highest BCUT2D eigenvalue weighted by Gasteiger charge is 1.98. The summed E-state index contributed by atoms with van der Waals surface area (Å²) >= 11 is 3.41. The van der Waals surface area contributed by atoms with Crippen molar-refractivity contribution in [2.24, 2.45) is 0 Å². The first-order valence-corrected chi connectivity index (χ1v) is 5.49. The summed E-state index contributed by atoms with van der Waals surface area (Å²) in [5, 5.41) is 3.33. The summed E-state index contributed by atoms with van der Waals surface area (Å²) in [7, 11) is 1.73. The van der Waals surface area contributed by atoms with E-state index in [9.17, 15) is 0 Å². The topological polar surface area (TPSA) is 21.3 Å². The predicted octanol–water partition coefficient (Wildman–Crippen LogP) is 2.57. The van der Waals surface area contributed by atoms with Crippen LogP contribution in [0.25, 0.3) is 0 Å². The lowest BCUT2D eigenvalue weighted by molar-refractivity contribution is 0.117. The molecule has 0 spiro atoms. The molecule has 2 nitrogen and oxygen atoms in total. The maximum absolute atomic E-state index is 5.14. The van der Waals surface area contributed by atoms with Gasteiger partial charge in [0.15, 0.2) is 0 Å². The largest absolute Gasteiger partial charge is 0.380 e. The molecule has 0 aromatic heterocycles. The van der Waals surface area contributed by atoms with E-state index in [0.29, 0.717) is 0 Å². The summed E-state index contributed by atoms with van der Waals surface area (Å²) in [6.45, 7) is 3.82. The van der Waals surface area contributed by atoms with Crippen LogP contribution in [0.1, 0.15) is 12.5 Å². The lowest BCUT2D eigenvalue weighted by Crippen LogP contribution is -2.25. The van der Waals surface area contributed by atoms with Gasteiger partial charge in [-0.15, -0.1) is 0 Å². The molecule has 0 aliphatic rings. The average Bonchev–Trinajstić information content (AvgIpc) is 2.21. The molecule has 0 aliphatic heterocycles. The zero-order valence-corrected chi connectivity index (χ0v) is 10.2. The summed E-state index contributed by atoms with van der Waals surface area (Å²) in [4.78, 5) is 0. The molecule has 0 aliphatic carbocycles. The summed E-state index contributed by atoms with van der Waals surface area (Å²) < 4.78 is 6.25. The van der Waals surface area contributed by atoms with Crippen molar-refractivity contribution in [1.82, 2.24) is 5.32 Å². The molecule has 1 atom stereocenters. The lowest BCUT2D eigenvalue weighted by Gasteiger charge is -2.10. The van der Waals surface area contributed by atoms with Crippen molar-refractivity contribution in [2.75, 3.05) is 13.7 Å². The molecule has 1 rings (SSSR count). The number of rotatable bonds is 5. The molecule has 78 valence electrons. The first-order valence-electron chi connectivity index (χ1n) is 4.70. The first-order chi connectivity index (χ1) is 6.72. The highest BCUT2D eigenvalue weighted by molar-refractivity contribution is 9.10. The van der Waals surface area contributed by atoms with E-state index in [1.807, 2.05) is 0 Å². The Bertz CT molecular complexity index is 260. The highest BCUT2D eigenvalue weighted by Crippen LogP contribution is 2.10. The predicted molar refractivity (Wildman–Crippen MR) is 62.3 cm³/mol. The van der Waals surface area contributed by atoms with Gasteiger partial charge in [0.2, 0.25) is 0 Å². The zero-order valence-electron chi connectivity index (χ0n) is 8.59. The fraction of sp³-hybridized carbons (Fsp3) is 0.455. The molecule has 14 heavy (non-hydrogen) atoms. The molecule has 0 saturated carbocycles. The Morgan fingerprint density at radius 1 is 1.36 bits per heavy atom. The van der Waals surface area contributed by atoms with Gasteiger partial charge in [0, 0.05) is 24.7 Å².